The monoisotopic (exact) mass is 302 g/mol. The van der Waals surface area contributed by atoms with Crippen LogP contribution in [-0.4, -0.2) is 15.1 Å². The molecule has 0 aliphatic rings. The Morgan fingerprint density at radius 3 is 2.86 bits per heavy atom. The number of hydrogen-bond acceptors (Lipinski definition) is 3. The predicted octanol–water partition coefficient (Wildman–Crippen LogP) is 4.21. The van der Waals surface area contributed by atoms with Gasteiger partial charge in [0, 0.05) is 0 Å². The van der Waals surface area contributed by atoms with Crippen molar-refractivity contribution in [2.75, 3.05) is 0 Å². The number of aromatic nitrogens is 2. The van der Waals surface area contributed by atoms with Crippen molar-refractivity contribution in [3.8, 4) is 0 Å². The standard InChI is InChI=1S/C16H15FN2OS/c1-9-6-7-13-14(8-9)19-16(18-13)21-15-11(10(2)20)4-3-5-12(15)17/h3-8,10,20H,1-2H3,(H,18,19)/t10-/m0/s1. The normalized spacial score (nSPS) is 12.8. The van der Waals surface area contributed by atoms with E-state index in [4.69, 9.17) is 0 Å². The summed E-state index contributed by atoms with van der Waals surface area (Å²) in [7, 11) is 0. The van der Waals surface area contributed by atoms with Crippen LogP contribution in [0.3, 0.4) is 0 Å². The van der Waals surface area contributed by atoms with Crippen LogP contribution in [0.4, 0.5) is 4.39 Å². The summed E-state index contributed by atoms with van der Waals surface area (Å²) >= 11 is 1.20. The van der Waals surface area contributed by atoms with Gasteiger partial charge in [0.2, 0.25) is 0 Å². The lowest BCUT2D eigenvalue weighted by Gasteiger charge is -2.11. The van der Waals surface area contributed by atoms with Crippen molar-refractivity contribution in [1.82, 2.24) is 9.97 Å². The van der Waals surface area contributed by atoms with Gasteiger partial charge < -0.3 is 10.1 Å². The minimum Gasteiger partial charge on any atom is -0.389 e. The molecule has 0 radical (unpaired) electrons. The number of nitrogens with one attached hydrogen (secondary N) is 1. The van der Waals surface area contributed by atoms with Crippen molar-refractivity contribution in [3.63, 3.8) is 0 Å². The summed E-state index contributed by atoms with van der Waals surface area (Å²) in [4.78, 5) is 8.04. The minimum atomic E-state index is -0.727. The predicted molar refractivity (Wildman–Crippen MR) is 82.0 cm³/mol. The number of aromatic amines is 1. The van der Waals surface area contributed by atoms with Crippen LogP contribution in [0.5, 0.6) is 0 Å². The number of aliphatic hydroxyl groups is 1. The number of aliphatic hydroxyl groups excluding tert-OH is 1. The lowest BCUT2D eigenvalue weighted by Crippen LogP contribution is -1.96. The first-order valence-corrected chi connectivity index (χ1v) is 7.47. The van der Waals surface area contributed by atoms with Crippen molar-refractivity contribution in [2.45, 2.75) is 30.0 Å². The van der Waals surface area contributed by atoms with E-state index in [2.05, 4.69) is 9.97 Å². The second kappa shape index (κ2) is 5.50. The molecule has 2 aromatic carbocycles. The molecule has 1 heterocycles. The van der Waals surface area contributed by atoms with Crippen molar-refractivity contribution in [1.29, 1.82) is 0 Å². The maximum absolute atomic E-state index is 14.0. The molecule has 5 heteroatoms. The van der Waals surface area contributed by atoms with Crippen molar-refractivity contribution >= 4 is 22.8 Å². The molecule has 2 N–H and O–H groups in total. The SMILES string of the molecule is Cc1ccc2nc(Sc3c(F)cccc3[C@H](C)O)[nH]c2c1. The number of nitrogens with zero attached hydrogens (tertiary/aromatic N) is 1. The summed E-state index contributed by atoms with van der Waals surface area (Å²) in [6, 6.07) is 10.6. The fourth-order valence-corrected chi connectivity index (χ4v) is 3.23. The Labute approximate surface area is 126 Å². The molecule has 21 heavy (non-hydrogen) atoms. The molecule has 3 aromatic rings. The molecule has 0 saturated heterocycles. The third kappa shape index (κ3) is 2.80. The van der Waals surface area contributed by atoms with Crippen molar-refractivity contribution in [2.24, 2.45) is 0 Å². The number of benzene rings is 2. The number of H-pyrrole nitrogens is 1. The fourth-order valence-electron chi connectivity index (χ4n) is 2.21. The third-order valence-corrected chi connectivity index (χ3v) is 4.28. The first-order valence-electron chi connectivity index (χ1n) is 6.65. The van der Waals surface area contributed by atoms with Gasteiger partial charge in [-0.25, -0.2) is 9.37 Å². The van der Waals surface area contributed by atoms with E-state index in [0.29, 0.717) is 15.6 Å². The Morgan fingerprint density at radius 1 is 1.29 bits per heavy atom. The van der Waals surface area contributed by atoms with Gasteiger partial charge in [-0.15, -0.1) is 0 Å². The van der Waals surface area contributed by atoms with E-state index in [1.807, 2.05) is 25.1 Å². The average molecular weight is 302 g/mol. The number of halogens is 1. The molecular weight excluding hydrogens is 287 g/mol. The smallest absolute Gasteiger partial charge is 0.171 e. The van der Waals surface area contributed by atoms with Crippen LogP contribution in [-0.2, 0) is 0 Å². The largest absolute Gasteiger partial charge is 0.389 e. The Morgan fingerprint density at radius 2 is 2.10 bits per heavy atom. The number of aryl methyl sites for hydroxylation is 1. The Hall–Kier alpha value is -1.85. The molecule has 0 amide bonds. The molecule has 0 spiro atoms. The quantitative estimate of drug-likeness (QED) is 0.761. The second-order valence-electron chi connectivity index (χ2n) is 5.00. The minimum absolute atomic E-state index is 0.352. The topological polar surface area (TPSA) is 48.9 Å². The average Bonchev–Trinajstić information content (AvgIpc) is 2.82. The van der Waals surface area contributed by atoms with Gasteiger partial charge in [-0.2, -0.15) is 0 Å². The Balaban J connectivity index is 2.02. The molecule has 1 atom stereocenters. The summed E-state index contributed by atoms with van der Waals surface area (Å²) in [6.45, 7) is 3.64. The zero-order valence-electron chi connectivity index (χ0n) is 11.7. The van der Waals surface area contributed by atoms with Gasteiger partial charge in [0.05, 0.1) is 22.0 Å². The molecule has 0 saturated carbocycles. The number of rotatable bonds is 3. The highest BCUT2D eigenvalue weighted by Gasteiger charge is 2.15. The van der Waals surface area contributed by atoms with Gasteiger partial charge in [0.15, 0.2) is 5.16 Å². The maximum atomic E-state index is 14.0. The molecule has 0 aliphatic heterocycles. The number of fused-ring (bicyclic) bond motifs is 1. The summed E-state index contributed by atoms with van der Waals surface area (Å²) in [5.74, 6) is -0.352. The van der Waals surface area contributed by atoms with Crippen LogP contribution in [0, 0.1) is 12.7 Å². The van der Waals surface area contributed by atoms with Crippen molar-refractivity contribution in [3.05, 3.63) is 53.3 Å². The van der Waals surface area contributed by atoms with E-state index in [-0.39, 0.29) is 5.82 Å². The first kappa shape index (κ1) is 14.1. The van der Waals surface area contributed by atoms with Gasteiger partial charge in [0.25, 0.3) is 0 Å². The molecule has 108 valence electrons. The summed E-state index contributed by atoms with van der Waals surface area (Å²) in [6.07, 6.45) is -0.727. The Kier molecular flexibility index (Phi) is 3.69. The van der Waals surface area contributed by atoms with Gasteiger partial charge in [-0.1, -0.05) is 18.2 Å². The third-order valence-electron chi connectivity index (χ3n) is 3.26. The van der Waals surface area contributed by atoms with E-state index in [0.717, 1.165) is 16.6 Å². The van der Waals surface area contributed by atoms with Crippen molar-refractivity contribution < 1.29 is 9.50 Å². The van der Waals surface area contributed by atoms with E-state index in [1.165, 1.54) is 17.8 Å². The van der Waals surface area contributed by atoms with Gasteiger partial charge in [-0.3, -0.25) is 0 Å². The zero-order chi connectivity index (χ0) is 15.0. The van der Waals surface area contributed by atoms with Crippen LogP contribution in [0.2, 0.25) is 0 Å². The first-order chi connectivity index (χ1) is 10.0. The lowest BCUT2D eigenvalue weighted by molar-refractivity contribution is 0.195. The summed E-state index contributed by atoms with van der Waals surface area (Å²) in [5.41, 5.74) is 3.47. The maximum Gasteiger partial charge on any atom is 0.171 e. The van der Waals surface area contributed by atoms with E-state index >= 15 is 0 Å². The highest BCUT2D eigenvalue weighted by atomic mass is 32.2. The van der Waals surface area contributed by atoms with Crippen LogP contribution in [0.15, 0.2) is 46.5 Å². The number of hydrogen-bond donors (Lipinski definition) is 2. The van der Waals surface area contributed by atoms with Crippen LogP contribution < -0.4 is 0 Å². The molecule has 3 nitrogen and oxygen atoms in total. The summed E-state index contributed by atoms with van der Waals surface area (Å²) < 4.78 is 14.0. The van der Waals surface area contributed by atoms with E-state index in [9.17, 15) is 9.50 Å². The molecule has 3 rings (SSSR count). The van der Waals surface area contributed by atoms with Gasteiger partial charge in [-0.05, 0) is 54.9 Å². The molecule has 0 bridgehead atoms. The molecule has 0 unspecified atom stereocenters. The molecule has 0 aliphatic carbocycles. The van der Waals surface area contributed by atoms with Crippen LogP contribution in [0.1, 0.15) is 24.2 Å². The van der Waals surface area contributed by atoms with Gasteiger partial charge in [0.1, 0.15) is 5.82 Å². The summed E-state index contributed by atoms with van der Waals surface area (Å²) in [5, 5.41) is 10.4. The zero-order valence-corrected chi connectivity index (χ0v) is 12.5. The molecular formula is C16H15FN2OS. The van der Waals surface area contributed by atoms with Crippen LogP contribution >= 0.6 is 11.8 Å². The highest BCUT2D eigenvalue weighted by molar-refractivity contribution is 7.99. The molecule has 1 aromatic heterocycles. The molecule has 0 fully saturated rings. The second-order valence-corrected chi connectivity index (χ2v) is 6.00. The van der Waals surface area contributed by atoms with E-state index in [1.54, 1.807) is 19.1 Å². The lowest BCUT2D eigenvalue weighted by atomic mass is 10.1. The Bertz CT molecular complexity index is 798. The van der Waals surface area contributed by atoms with E-state index < -0.39 is 6.10 Å². The van der Waals surface area contributed by atoms with Gasteiger partial charge >= 0.3 is 0 Å². The highest BCUT2D eigenvalue weighted by Crippen LogP contribution is 2.34. The fraction of sp³-hybridized carbons (Fsp3) is 0.188. The van der Waals surface area contributed by atoms with Crippen LogP contribution in [0.25, 0.3) is 11.0 Å². The number of imidazole rings is 1.